The van der Waals surface area contributed by atoms with E-state index in [4.69, 9.17) is 5.11 Å². The molecule has 1 unspecified atom stereocenters. The number of carbonyl (C=O) groups is 2. The van der Waals surface area contributed by atoms with Crippen LogP contribution in [0.4, 0.5) is 0 Å². The summed E-state index contributed by atoms with van der Waals surface area (Å²) in [6, 6.07) is 5.68. The van der Waals surface area contributed by atoms with Crippen LogP contribution in [0.1, 0.15) is 23.6 Å². The van der Waals surface area contributed by atoms with Gasteiger partial charge < -0.3 is 9.90 Å². The van der Waals surface area contributed by atoms with Gasteiger partial charge in [0.1, 0.15) is 6.29 Å². The van der Waals surface area contributed by atoms with Gasteiger partial charge >= 0.3 is 5.97 Å². The highest BCUT2D eigenvalue weighted by molar-refractivity contribution is 5.70. The van der Waals surface area contributed by atoms with Crippen molar-refractivity contribution < 1.29 is 14.7 Å². The molecule has 16 heavy (non-hydrogen) atoms. The minimum atomic E-state index is -0.822. The van der Waals surface area contributed by atoms with Gasteiger partial charge in [0, 0.05) is 5.92 Å². The molecule has 0 bridgehead atoms. The van der Waals surface area contributed by atoms with Crippen molar-refractivity contribution in [2.45, 2.75) is 26.7 Å². The summed E-state index contributed by atoms with van der Waals surface area (Å²) in [4.78, 5) is 21.1. The van der Waals surface area contributed by atoms with Gasteiger partial charge in [0.2, 0.25) is 0 Å². The molecule has 1 rings (SSSR count). The summed E-state index contributed by atoms with van der Waals surface area (Å²) >= 11 is 0. The summed E-state index contributed by atoms with van der Waals surface area (Å²) in [5.74, 6) is -0.818. The summed E-state index contributed by atoms with van der Waals surface area (Å²) in [5.41, 5.74) is 2.87. The number of hydrogen-bond donors (Lipinski definition) is 1. The Kier molecular flexibility index (Phi) is 4.23. The molecule has 0 aliphatic carbocycles. The third kappa shape index (κ3) is 3.50. The Hall–Kier alpha value is -1.64. The molecule has 3 nitrogen and oxygen atoms in total. The molecule has 1 N–H and O–H groups in total. The van der Waals surface area contributed by atoms with Gasteiger partial charge in [-0.05, 0) is 30.0 Å². The van der Waals surface area contributed by atoms with Crippen LogP contribution < -0.4 is 0 Å². The normalized spacial score (nSPS) is 12.1. The van der Waals surface area contributed by atoms with Crippen molar-refractivity contribution in [2.75, 3.05) is 0 Å². The molecule has 0 spiro atoms. The number of aldehydes is 1. The van der Waals surface area contributed by atoms with Crippen LogP contribution in [0, 0.1) is 12.8 Å². The van der Waals surface area contributed by atoms with Crippen LogP contribution in [0.25, 0.3) is 0 Å². The molecule has 86 valence electrons. The molecular weight excluding hydrogens is 204 g/mol. The van der Waals surface area contributed by atoms with E-state index in [1.54, 1.807) is 0 Å². The van der Waals surface area contributed by atoms with Crippen LogP contribution in [-0.4, -0.2) is 17.4 Å². The van der Waals surface area contributed by atoms with Crippen LogP contribution in [0.5, 0.6) is 0 Å². The lowest BCUT2D eigenvalue weighted by atomic mass is 9.97. The number of carboxylic acid groups (broad SMARTS) is 1. The Bertz CT molecular complexity index is 396. The van der Waals surface area contributed by atoms with Crippen molar-refractivity contribution in [2.24, 2.45) is 5.92 Å². The van der Waals surface area contributed by atoms with Crippen LogP contribution >= 0.6 is 0 Å². The van der Waals surface area contributed by atoms with Gasteiger partial charge in [-0.1, -0.05) is 25.1 Å². The van der Waals surface area contributed by atoms with Gasteiger partial charge in [-0.15, -0.1) is 0 Å². The van der Waals surface area contributed by atoms with Crippen molar-refractivity contribution in [3.63, 3.8) is 0 Å². The zero-order valence-corrected chi connectivity index (χ0v) is 9.56. The SMILES string of the molecule is Cc1cc(CC(C)C=O)ccc1CC(=O)O. The maximum absolute atomic E-state index is 10.6. The van der Waals surface area contributed by atoms with E-state index in [9.17, 15) is 9.59 Å². The van der Waals surface area contributed by atoms with Crippen molar-refractivity contribution >= 4 is 12.3 Å². The first-order chi connectivity index (χ1) is 7.52. The predicted molar refractivity (Wildman–Crippen MR) is 61.5 cm³/mol. The van der Waals surface area contributed by atoms with E-state index in [1.807, 2.05) is 32.0 Å². The molecule has 1 aromatic carbocycles. The molecule has 0 aliphatic rings. The maximum Gasteiger partial charge on any atom is 0.307 e. The number of carbonyl (C=O) groups excluding carboxylic acids is 1. The Balaban J connectivity index is 2.82. The molecular formula is C13H16O3. The molecule has 0 heterocycles. The lowest BCUT2D eigenvalue weighted by Gasteiger charge is -2.08. The van der Waals surface area contributed by atoms with E-state index >= 15 is 0 Å². The summed E-state index contributed by atoms with van der Waals surface area (Å²) in [6.45, 7) is 3.76. The number of rotatable bonds is 5. The monoisotopic (exact) mass is 220 g/mol. The zero-order valence-electron chi connectivity index (χ0n) is 9.56. The van der Waals surface area contributed by atoms with Crippen molar-refractivity contribution in [3.8, 4) is 0 Å². The molecule has 3 heteroatoms. The first kappa shape index (κ1) is 12.4. The predicted octanol–water partition coefficient (Wildman–Crippen LogP) is 2.00. The van der Waals surface area contributed by atoms with Gasteiger partial charge in [0.05, 0.1) is 6.42 Å². The number of benzene rings is 1. The molecule has 0 aliphatic heterocycles. The Morgan fingerprint density at radius 2 is 2.19 bits per heavy atom. The highest BCUT2D eigenvalue weighted by Crippen LogP contribution is 2.14. The quantitative estimate of drug-likeness (QED) is 0.772. The molecule has 1 aromatic rings. The first-order valence-corrected chi connectivity index (χ1v) is 5.28. The third-order valence-electron chi connectivity index (χ3n) is 2.54. The van der Waals surface area contributed by atoms with Crippen molar-refractivity contribution in [1.82, 2.24) is 0 Å². The van der Waals surface area contributed by atoms with Crippen LogP contribution in [0.15, 0.2) is 18.2 Å². The second-order valence-electron chi connectivity index (χ2n) is 4.15. The minimum Gasteiger partial charge on any atom is -0.481 e. The highest BCUT2D eigenvalue weighted by atomic mass is 16.4. The number of aliphatic carboxylic acids is 1. The number of carboxylic acids is 1. The fraction of sp³-hybridized carbons (Fsp3) is 0.385. The van der Waals surface area contributed by atoms with E-state index in [1.165, 1.54) is 0 Å². The second-order valence-corrected chi connectivity index (χ2v) is 4.15. The fourth-order valence-electron chi connectivity index (χ4n) is 1.67. The molecule has 1 atom stereocenters. The topological polar surface area (TPSA) is 54.4 Å². The first-order valence-electron chi connectivity index (χ1n) is 5.28. The van der Waals surface area contributed by atoms with E-state index in [0.29, 0.717) is 6.42 Å². The minimum absolute atomic E-state index is 0.00437. The average molecular weight is 220 g/mol. The van der Waals surface area contributed by atoms with Gasteiger partial charge in [0.15, 0.2) is 0 Å². The highest BCUT2D eigenvalue weighted by Gasteiger charge is 2.06. The van der Waals surface area contributed by atoms with Crippen molar-refractivity contribution in [3.05, 3.63) is 34.9 Å². The van der Waals surface area contributed by atoms with E-state index in [2.05, 4.69) is 0 Å². The van der Waals surface area contributed by atoms with Crippen LogP contribution in [0.2, 0.25) is 0 Å². The van der Waals surface area contributed by atoms with E-state index in [0.717, 1.165) is 23.0 Å². The molecule has 0 saturated carbocycles. The Labute approximate surface area is 95.1 Å². The smallest absolute Gasteiger partial charge is 0.307 e. The lowest BCUT2D eigenvalue weighted by Crippen LogP contribution is -2.04. The van der Waals surface area contributed by atoms with E-state index in [-0.39, 0.29) is 12.3 Å². The summed E-state index contributed by atoms with van der Waals surface area (Å²) < 4.78 is 0. The van der Waals surface area contributed by atoms with Crippen molar-refractivity contribution in [1.29, 1.82) is 0 Å². The van der Waals surface area contributed by atoms with Gasteiger partial charge in [-0.25, -0.2) is 0 Å². The number of hydrogen-bond acceptors (Lipinski definition) is 2. The third-order valence-corrected chi connectivity index (χ3v) is 2.54. The standard InChI is InChI=1S/C13H16O3/c1-9(8-14)5-11-3-4-12(7-13(15)16)10(2)6-11/h3-4,6,8-9H,5,7H2,1-2H3,(H,15,16). The van der Waals surface area contributed by atoms with Crippen LogP contribution in [0.3, 0.4) is 0 Å². The van der Waals surface area contributed by atoms with Crippen LogP contribution in [-0.2, 0) is 22.4 Å². The molecule has 0 aromatic heterocycles. The zero-order chi connectivity index (χ0) is 12.1. The molecule has 0 saturated heterocycles. The number of aryl methyl sites for hydroxylation is 1. The largest absolute Gasteiger partial charge is 0.481 e. The summed E-state index contributed by atoms with van der Waals surface area (Å²) in [6.07, 6.45) is 1.69. The summed E-state index contributed by atoms with van der Waals surface area (Å²) in [5, 5.41) is 8.70. The Morgan fingerprint density at radius 3 is 2.69 bits per heavy atom. The van der Waals surface area contributed by atoms with Gasteiger partial charge in [-0.2, -0.15) is 0 Å². The molecule has 0 radical (unpaired) electrons. The maximum atomic E-state index is 10.6. The fourth-order valence-corrected chi connectivity index (χ4v) is 1.67. The van der Waals surface area contributed by atoms with Gasteiger partial charge in [0.25, 0.3) is 0 Å². The molecule has 0 fully saturated rings. The summed E-state index contributed by atoms with van der Waals surface area (Å²) in [7, 11) is 0. The van der Waals surface area contributed by atoms with Gasteiger partial charge in [-0.3, -0.25) is 4.79 Å². The average Bonchev–Trinajstić information content (AvgIpc) is 2.21. The van der Waals surface area contributed by atoms with E-state index < -0.39 is 5.97 Å². The second kappa shape index (κ2) is 5.45. The molecule has 0 amide bonds. The lowest BCUT2D eigenvalue weighted by molar-refractivity contribution is -0.136. The Morgan fingerprint density at radius 1 is 1.50 bits per heavy atom.